The summed E-state index contributed by atoms with van der Waals surface area (Å²) in [4.78, 5) is 38.3. The molecular weight excluding hydrogens is 456 g/mol. The largest absolute Gasteiger partial charge is 0.480 e. The average Bonchev–Trinajstić information content (AvgIpc) is 3.29. The van der Waals surface area contributed by atoms with Gasteiger partial charge in [0.05, 0.1) is 10.5 Å². The Balaban J connectivity index is 1.77. The Kier molecular flexibility index (Phi) is 5.80. The van der Waals surface area contributed by atoms with Gasteiger partial charge in [0.15, 0.2) is 0 Å². The van der Waals surface area contributed by atoms with E-state index in [1.165, 1.54) is 11.3 Å². The van der Waals surface area contributed by atoms with Crippen molar-refractivity contribution in [2.45, 2.75) is 39.5 Å². The normalized spacial score (nSPS) is 17.5. The molecular formula is C21H20N2O5S3. The molecule has 1 fully saturated rings. The van der Waals surface area contributed by atoms with Crippen molar-refractivity contribution in [1.29, 1.82) is 0 Å². The van der Waals surface area contributed by atoms with Crippen molar-refractivity contribution < 1.29 is 24.6 Å². The van der Waals surface area contributed by atoms with Crippen LogP contribution in [0.4, 0.5) is 0 Å². The van der Waals surface area contributed by atoms with Gasteiger partial charge in [-0.2, -0.15) is 0 Å². The number of aliphatic carboxylic acids is 1. The summed E-state index contributed by atoms with van der Waals surface area (Å²) in [5, 5.41) is 19.6. The number of aromatic nitrogens is 1. The molecule has 0 spiro atoms. The molecule has 4 rings (SSSR count). The standard InChI is InChI=1S/C21H20N2O5S3/c1-10-7-12(8-15-18(26)22(9-16(24)25)21(29)31-15)11(2)23(10)19-17(20(27)28)13-5-3-4-6-14(13)30-19/h7-8H,3-6,9H2,1-2H3,(H,24,25)(H,27,28). The highest BCUT2D eigenvalue weighted by atomic mass is 32.2. The third kappa shape index (κ3) is 3.83. The van der Waals surface area contributed by atoms with Crippen molar-refractivity contribution in [2.24, 2.45) is 0 Å². The molecule has 10 heteroatoms. The molecule has 1 saturated heterocycles. The summed E-state index contributed by atoms with van der Waals surface area (Å²) in [5.74, 6) is -2.48. The Morgan fingerprint density at radius 3 is 2.61 bits per heavy atom. The van der Waals surface area contributed by atoms with E-state index in [0.29, 0.717) is 15.5 Å². The van der Waals surface area contributed by atoms with E-state index in [4.69, 9.17) is 17.3 Å². The monoisotopic (exact) mass is 476 g/mol. The SMILES string of the molecule is Cc1cc(C=C2SC(=S)N(CC(=O)O)C2=O)c(C)n1-c1sc2c(c1C(=O)O)CCCC2. The van der Waals surface area contributed by atoms with Gasteiger partial charge in [0.2, 0.25) is 0 Å². The second-order valence-corrected chi connectivity index (χ2v) is 10.3. The third-order valence-electron chi connectivity index (χ3n) is 5.49. The molecule has 0 atom stereocenters. The predicted octanol–water partition coefficient (Wildman–Crippen LogP) is 4.02. The zero-order chi connectivity index (χ0) is 22.4. The molecule has 162 valence electrons. The highest BCUT2D eigenvalue weighted by molar-refractivity contribution is 8.26. The maximum absolute atomic E-state index is 12.6. The van der Waals surface area contributed by atoms with Crippen LogP contribution >= 0.6 is 35.3 Å². The number of carbonyl (C=O) groups excluding carboxylic acids is 1. The van der Waals surface area contributed by atoms with E-state index >= 15 is 0 Å². The molecule has 1 aliphatic heterocycles. The van der Waals surface area contributed by atoms with Crippen LogP contribution in [0.15, 0.2) is 11.0 Å². The van der Waals surface area contributed by atoms with E-state index < -0.39 is 24.4 Å². The van der Waals surface area contributed by atoms with Crippen LogP contribution in [-0.4, -0.2) is 48.4 Å². The minimum Gasteiger partial charge on any atom is -0.480 e. The van der Waals surface area contributed by atoms with Crippen molar-refractivity contribution in [3.8, 4) is 5.00 Å². The molecule has 0 bridgehead atoms. The number of rotatable bonds is 5. The average molecular weight is 477 g/mol. The van der Waals surface area contributed by atoms with Crippen molar-refractivity contribution in [2.75, 3.05) is 6.54 Å². The summed E-state index contributed by atoms with van der Waals surface area (Å²) in [7, 11) is 0. The number of nitrogens with zero attached hydrogens (tertiary/aromatic N) is 2. The molecule has 0 unspecified atom stereocenters. The number of fused-ring (bicyclic) bond motifs is 1. The van der Waals surface area contributed by atoms with Gasteiger partial charge in [-0.15, -0.1) is 11.3 Å². The number of thiocarbonyl (C=S) groups is 1. The maximum Gasteiger partial charge on any atom is 0.339 e. The summed E-state index contributed by atoms with van der Waals surface area (Å²) < 4.78 is 2.16. The van der Waals surface area contributed by atoms with E-state index in [-0.39, 0.29) is 4.32 Å². The quantitative estimate of drug-likeness (QED) is 0.497. The van der Waals surface area contributed by atoms with Gasteiger partial charge in [-0.05, 0) is 62.8 Å². The highest BCUT2D eigenvalue weighted by Crippen LogP contribution is 2.39. The number of carboxylic acid groups (broad SMARTS) is 2. The molecule has 2 aliphatic rings. The maximum atomic E-state index is 12.6. The van der Waals surface area contributed by atoms with Gasteiger partial charge in [-0.1, -0.05) is 24.0 Å². The second-order valence-electron chi connectivity index (χ2n) is 7.52. The molecule has 1 amide bonds. The molecule has 0 saturated carbocycles. The van der Waals surface area contributed by atoms with Crippen LogP contribution in [0.3, 0.4) is 0 Å². The van der Waals surface area contributed by atoms with E-state index in [2.05, 4.69) is 0 Å². The minimum absolute atomic E-state index is 0.214. The first-order chi connectivity index (χ1) is 14.7. The Bertz CT molecular complexity index is 1170. The number of aromatic carboxylic acids is 1. The van der Waals surface area contributed by atoms with Gasteiger partial charge >= 0.3 is 11.9 Å². The minimum atomic E-state index is -1.13. The van der Waals surface area contributed by atoms with Crippen molar-refractivity contribution in [3.05, 3.63) is 43.9 Å². The predicted molar refractivity (Wildman–Crippen MR) is 124 cm³/mol. The van der Waals surface area contributed by atoms with Crippen molar-refractivity contribution in [3.63, 3.8) is 0 Å². The fourth-order valence-corrected chi connectivity index (χ4v) is 6.83. The zero-order valence-electron chi connectivity index (χ0n) is 16.9. The van der Waals surface area contributed by atoms with E-state index in [1.54, 1.807) is 6.08 Å². The first kappa shape index (κ1) is 21.8. The summed E-state index contributed by atoms with van der Waals surface area (Å²) in [6, 6.07) is 1.91. The fraction of sp³-hybridized carbons (Fsp3) is 0.333. The molecule has 31 heavy (non-hydrogen) atoms. The molecule has 2 aromatic heterocycles. The lowest BCUT2D eigenvalue weighted by Crippen LogP contribution is -2.33. The number of thiophene rings is 1. The smallest absolute Gasteiger partial charge is 0.339 e. The topological polar surface area (TPSA) is 99.8 Å². The van der Waals surface area contributed by atoms with Gasteiger partial charge in [-0.25, -0.2) is 4.79 Å². The molecule has 2 N–H and O–H groups in total. The number of thioether (sulfide) groups is 1. The number of carboxylic acids is 2. The highest BCUT2D eigenvalue weighted by Gasteiger charge is 2.34. The summed E-state index contributed by atoms with van der Waals surface area (Å²) in [6.45, 7) is 3.33. The number of carbonyl (C=O) groups is 3. The van der Waals surface area contributed by atoms with Crippen LogP contribution in [0.25, 0.3) is 11.1 Å². The molecule has 0 radical (unpaired) electrons. The number of aryl methyl sites for hydroxylation is 2. The van der Waals surface area contributed by atoms with Crippen molar-refractivity contribution >= 4 is 63.6 Å². The summed E-state index contributed by atoms with van der Waals surface area (Å²) >= 11 is 7.76. The van der Waals surface area contributed by atoms with Crippen LogP contribution < -0.4 is 0 Å². The molecule has 3 heterocycles. The van der Waals surface area contributed by atoms with Gasteiger partial charge in [0.25, 0.3) is 5.91 Å². The Hall–Kier alpha value is -2.43. The van der Waals surface area contributed by atoms with Gasteiger partial charge in [0, 0.05) is 16.3 Å². The van der Waals surface area contributed by atoms with Gasteiger partial charge in [-0.3, -0.25) is 14.5 Å². The Morgan fingerprint density at radius 1 is 1.23 bits per heavy atom. The van der Waals surface area contributed by atoms with Crippen LogP contribution in [0.1, 0.15) is 50.6 Å². The molecule has 0 aromatic carbocycles. The van der Waals surface area contributed by atoms with E-state index in [9.17, 15) is 19.5 Å². The molecule has 2 aromatic rings. The Morgan fingerprint density at radius 2 is 1.94 bits per heavy atom. The number of hydrogen-bond donors (Lipinski definition) is 2. The number of hydrogen-bond acceptors (Lipinski definition) is 6. The van der Waals surface area contributed by atoms with Crippen LogP contribution in [-0.2, 0) is 22.4 Å². The lowest BCUT2D eigenvalue weighted by molar-refractivity contribution is -0.140. The lowest BCUT2D eigenvalue weighted by Gasteiger charge is -2.11. The van der Waals surface area contributed by atoms with Crippen LogP contribution in [0.5, 0.6) is 0 Å². The summed E-state index contributed by atoms with van der Waals surface area (Å²) in [6.07, 6.45) is 5.45. The summed E-state index contributed by atoms with van der Waals surface area (Å²) in [5.41, 5.74) is 3.78. The second kappa shape index (κ2) is 8.25. The van der Waals surface area contributed by atoms with Crippen LogP contribution in [0.2, 0.25) is 0 Å². The fourth-order valence-electron chi connectivity index (χ4n) is 4.09. The van der Waals surface area contributed by atoms with Gasteiger partial charge < -0.3 is 14.8 Å². The first-order valence-corrected chi connectivity index (χ1v) is 11.8. The van der Waals surface area contributed by atoms with Crippen LogP contribution in [0, 0.1) is 13.8 Å². The van der Waals surface area contributed by atoms with Crippen molar-refractivity contribution in [1.82, 2.24) is 9.47 Å². The first-order valence-electron chi connectivity index (χ1n) is 9.73. The molecule has 7 nitrogen and oxygen atoms in total. The number of amides is 1. The zero-order valence-corrected chi connectivity index (χ0v) is 19.4. The van der Waals surface area contributed by atoms with E-state index in [0.717, 1.165) is 69.7 Å². The third-order valence-corrected chi connectivity index (χ3v) is 8.15. The van der Waals surface area contributed by atoms with Gasteiger partial charge in [0.1, 0.15) is 15.9 Å². The lowest BCUT2D eigenvalue weighted by atomic mass is 9.95. The van der Waals surface area contributed by atoms with E-state index in [1.807, 2.05) is 24.5 Å². The Labute approximate surface area is 192 Å². The molecule has 1 aliphatic carbocycles.